The third kappa shape index (κ3) is 3.73. The minimum atomic E-state index is 0.0507. The summed E-state index contributed by atoms with van der Waals surface area (Å²) in [6.45, 7) is 6.94. The topological polar surface area (TPSA) is 68.6 Å². The van der Waals surface area contributed by atoms with E-state index in [0.717, 1.165) is 23.3 Å². The lowest BCUT2D eigenvalue weighted by atomic mass is 9.98. The maximum Gasteiger partial charge on any atom is 0.162 e. The molecular weight excluding hydrogens is 376 g/mol. The Bertz CT molecular complexity index is 1170. The monoisotopic (exact) mass is 402 g/mol. The molecule has 0 fully saturated rings. The molecule has 4 rings (SSSR count). The van der Waals surface area contributed by atoms with E-state index in [2.05, 4.69) is 58.4 Å². The van der Waals surface area contributed by atoms with Crippen molar-refractivity contribution in [1.29, 1.82) is 0 Å². The molecule has 1 aromatic heterocycles. The van der Waals surface area contributed by atoms with Gasteiger partial charge in [0.1, 0.15) is 11.6 Å². The first-order valence-electron chi connectivity index (χ1n) is 9.97. The number of anilines is 1. The van der Waals surface area contributed by atoms with Crippen LogP contribution in [0.3, 0.4) is 0 Å². The molecule has 30 heavy (non-hydrogen) atoms. The number of allylic oxidation sites excluding steroid dienone is 1. The van der Waals surface area contributed by atoms with Gasteiger partial charge in [0.2, 0.25) is 0 Å². The fraction of sp³-hybridized carbons (Fsp3) is 0.292. The molecule has 1 atom stereocenters. The summed E-state index contributed by atoms with van der Waals surface area (Å²) in [5.41, 5.74) is 5.69. The summed E-state index contributed by atoms with van der Waals surface area (Å²) >= 11 is 0. The molecule has 0 bridgehead atoms. The van der Waals surface area contributed by atoms with Crippen molar-refractivity contribution in [2.24, 2.45) is 4.99 Å². The van der Waals surface area contributed by atoms with E-state index in [0.29, 0.717) is 17.3 Å². The van der Waals surface area contributed by atoms with Crippen LogP contribution in [0.4, 0.5) is 5.82 Å². The number of nitrogens with zero attached hydrogens (tertiary/aromatic N) is 3. The summed E-state index contributed by atoms with van der Waals surface area (Å²) in [4.78, 5) is 13.6. The first-order chi connectivity index (χ1) is 14.5. The molecule has 0 aliphatic carbocycles. The lowest BCUT2D eigenvalue weighted by Gasteiger charge is -2.18. The number of hydrogen-bond acceptors (Lipinski definition) is 6. The van der Waals surface area contributed by atoms with Gasteiger partial charge in [0.25, 0.3) is 0 Å². The van der Waals surface area contributed by atoms with Crippen LogP contribution >= 0.6 is 0 Å². The Kier molecular flexibility index (Phi) is 5.40. The minimum Gasteiger partial charge on any atom is -0.493 e. The number of nitrogens with one attached hydrogen (secondary N) is 1. The minimum absolute atomic E-state index is 0.0507. The predicted molar refractivity (Wildman–Crippen MR) is 122 cm³/mol. The number of hydrogen-bond donors (Lipinski definition) is 1. The van der Waals surface area contributed by atoms with Gasteiger partial charge in [-0.3, -0.25) is 4.99 Å². The number of rotatable bonds is 6. The third-order valence-electron chi connectivity index (χ3n) is 5.37. The zero-order valence-electron chi connectivity index (χ0n) is 18.0. The van der Waals surface area contributed by atoms with Gasteiger partial charge in [-0.25, -0.2) is 9.97 Å². The Morgan fingerprint density at radius 1 is 1.00 bits per heavy atom. The molecule has 2 aromatic carbocycles. The first kappa shape index (κ1) is 19.9. The smallest absolute Gasteiger partial charge is 0.162 e. The molecule has 2 heterocycles. The standard InChI is InChI=1S/C24H26N4O2/c1-14-12-25-13-20(14)18-8-6-7-17(9-18)15(2)26-24-19-10-22(29-4)23(30-5)11-21(19)27-16(3)28-24/h6-11,13,15H,12H2,1-5H3,(H,26,27,28)/t15-/m1/s1. The largest absolute Gasteiger partial charge is 0.493 e. The molecule has 0 amide bonds. The average molecular weight is 402 g/mol. The van der Waals surface area contributed by atoms with Crippen LogP contribution in [0.5, 0.6) is 11.5 Å². The Morgan fingerprint density at radius 3 is 2.47 bits per heavy atom. The molecular formula is C24H26N4O2. The molecule has 0 saturated carbocycles. The van der Waals surface area contributed by atoms with Crippen LogP contribution in [0.25, 0.3) is 16.5 Å². The number of ether oxygens (including phenoxy) is 2. The summed E-state index contributed by atoms with van der Waals surface area (Å²) in [5.74, 6) is 2.77. The third-order valence-corrected chi connectivity index (χ3v) is 5.37. The van der Waals surface area contributed by atoms with E-state index in [9.17, 15) is 0 Å². The van der Waals surface area contributed by atoms with E-state index in [1.807, 2.05) is 25.3 Å². The average Bonchev–Trinajstić information content (AvgIpc) is 3.18. The fourth-order valence-corrected chi connectivity index (χ4v) is 3.74. The molecule has 6 heteroatoms. The number of benzene rings is 2. The van der Waals surface area contributed by atoms with Crippen molar-refractivity contribution in [3.8, 4) is 11.5 Å². The van der Waals surface area contributed by atoms with E-state index in [4.69, 9.17) is 9.47 Å². The SMILES string of the molecule is COc1cc2nc(C)nc(N[C@H](C)c3cccc(C4=C(C)CN=C4)c3)c2cc1OC. The molecule has 0 spiro atoms. The molecule has 154 valence electrons. The fourth-order valence-electron chi connectivity index (χ4n) is 3.74. The summed E-state index contributed by atoms with van der Waals surface area (Å²) < 4.78 is 10.9. The van der Waals surface area contributed by atoms with Gasteiger partial charge in [-0.05, 0) is 49.6 Å². The van der Waals surface area contributed by atoms with Crippen LogP contribution in [0.2, 0.25) is 0 Å². The normalized spacial score (nSPS) is 14.3. The highest BCUT2D eigenvalue weighted by atomic mass is 16.5. The maximum atomic E-state index is 5.48. The van der Waals surface area contributed by atoms with Crippen molar-refractivity contribution in [1.82, 2.24) is 9.97 Å². The highest BCUT2D eigenvalue weighted by Gasteiger charge is 2.16. The predicted octanol–water partition coefficient (Wildman–Crippen LogP) is 4.99. The van der Waals surface area contributed by atoms with Crippen molar-refractivity contribution in [2.45, 2.75) is 26.8 Å². The lowest BCUT2D eigenvalue weighted by Crippen LogP contribution is -2.10. The first-order valence-corrected chi connectivity index (χ1v) is 9.97. The van der Waals surface area contributed by atoms with Gasteiger partial charge in [-0.2, -0.15) is 0 Å². The molecule has 1 N–H and O–H groups in total. The van der Waals surface area contributed by atoms with Gasteiger partial charge >= 0.3 is 0 Å². The number of methoxy groups -OCH3 is 2. The van der Waals surface area contributed by atoms with E-state index in [1.54, 1.807) is 14.2 Å². The zero-order chi connectivity index (χ0) is 21.3. The second-order valence-corrected chi connectivity index (χ2v) is 7.50. The van der Waals surface area contributed by atoms with E-state index in [1.165, 1.54) is 22.3 Å². The quantitative estimate of drug-likeness (QED) is 0.629. The lowest BCUT2D eigenvalue weighted by molar-refractivity contribution is 0.356. The number of aryl methyl sites for hydroxylation is 1. The van der Waals surface area contributed by atoms with Crippen LogP contribution in [0.15, 0.2) is 47.0 Å². The maximum absolute atomic E-state index is 5.48. The molecule has 1 aliphatic rings. The van der Waals surface area contributed by atoms with E-state index >= 15 is 0 Å². The van der Waals surface area contributed by atoms with Crippen molar-refractivity contribution in [3.63, 3.8) is 0 Å². The second kappa shape index (κ2) is 8.14. The van der Waals surface area contributed by atoms with E-state index in [-0.39, 0.29) is 6.04 Å². The summed E-state index contributed by atoms with van der Waals surface area (Å²) in [6.07, 6.45) is 1.97. The van der Waals surface area contributed by atoms with Gasteiger partial charge in [-0.15, -0.1) is 0 Å². The van der Waals surface area contributed by atoms with E-state index < -0.39 is 0 Å². The molecule has 3 aromatic rings. The molecule has 0 saturated heterocycles. The van der Waals surface area contributed by atoms with Crippen molar-refractivity contribution < 1.29 is 9.47 Å². The van der Waals surface area contributed by atoms with Crippen molar-refractivity contribution in [3.05, 3.63) is 58.9 Å². The Balaban J connectivity index is 1.70. The number of aliphatic imine (C=N–C) groups is 1. The number of fused-ring (bicyclic) bond motifs is 1. The van der Waals surface area contributed by atoms with Crippen LogP contribution < -0.4 is 14.8 Å². The highest BCUT2D eigenvalue weighted by Crippen LogP contribution is 2.35. The molecule has 1 aliphatic heterocycles. The van der Waals surface area contributed by atoms with Gasteiger partial charge in [-0.1, -0.05) is 18.2 Å². The van der Waals surface area contributed by atoms with Gasteiger partial charge in [0.05, 0.1) is 26.3 Å². The van der Waals surface area contributed by atoms with Crippen LogP contribution in [0.1, 0.15) is 36.8 Å². The van der Waals surface area contributed by atoms with Crippen LogP contribution in [-0.2, 0) is 0 Å². The Morgan fingerprint density at radius 2 is 1.77 bits per heavy atom. The molecule has 0 unspecified atom stereocenters. The Labute approximate surface area is 176 Å². The second-order valence-electron chi connectivity index (χ2n) is 7.50. The summed E-state index contributed by atoms with van der Waals surface area (Å²) in [6, 6.07) is 12.4. The van der Waals surface area contributed by atoms with Crippen molar-refractivity contribution >= 4 is 28.5 Å². The molecule has 6 nitrogen and oxygen atoms in total. The van der Waals surface area contributed by atoms with Gasteiger partial charge in [0, 0.05) is 29.3 Å². The van der Waals surface area contributed by atoms with Crippen LogP contribution in [-0.4, -0.2) is 36.9 Å². The summed E-state index contributed by atoms with van der Waals surface area (Å²) in [5, 5.41) is 4.45. The zero-order valence-corrected chi connectivity index (χ0v) is 18.0. The Hall–Kier alpha value is -3.41. The highest BCUT2D eigenvalue weighted by molar-refractivity contribution is 6.12. The van der Waals surface area contributed by atoms with Gasteiger partial charge < -0.3 is 14.8 Å². The van der Waals surface area contributed by atoms with Crippen molar-refractivity contribution in [2.75, 3.05) is 26.1 Å². The number of aromatic nitrogens is 2. The summed E-state index contributed by atoms with van der Waals surface area (Å²) in [7, 11) is 3.25. The molecule has 0 radical (unpaired) electrons. The van der Waals surface area contributed by atoms with Crippen LogP contribution in [0, 0.1) is 6.92 Å². The van der Waals surface area contributed by atoms with Gasteiger partial charge in [0.15, 0.2) is 11.5 Å².